The monoisotopic (exact) mass is 351 g/mol. The van der Waals surface area contributed by atoms with Crippen LogP contribution in [0.4, 0.5) is 0 Å². The SMILES string of the molecule is Cc1ccc(S(=O)(=O)N2CC=C(/C=C/C=C/c3ccccc3)C2)cc1. The van der Waals surface area contributed by atoms with Crippen LogP contribution in [-0.4, -0.2) is 25.8 Å². The molecule has 2 aromatic rings. The third-order valence-electron chi connectivity index (χ3n) is 4.08. The Morgan fingerprint density at radius 2 is 1.60 bits per heavy atom. The molecule has 1 heterocycles. The van der Waals surface area contributed by atoms with Gasteiger partial charge in [-0.1, -0.05) is 78.4 Å². The highest BCUT2D eigenvalue weighted by Crippen LogP contribution is 2.21. The first kappa shape index (κ1) is 17.4. The van der Waals surface area contributed by atoms with Gasteiger partial charge in [0.1, 0.15) is 0 Å². The van der Waals surface area contributed by atoms with E-state index in [1.807, 2.05) is 79.8 Å². The zero-order valence-electron chi connectivity index (χ0n) is 14.2. The summed E-state index contributed by atoms with van der Waals surface area (Å²) in [5.41, 5.74) is 3.19. The van der Waals surface area contributed by atoms with Crippen LogP contribution in [0.5, 0.6) is 0 Å². The molecule has 0 spiro atoms. The minimum Gasteiger partial charge on any atom is -0.207 e. The molecule has 0 aliphatic carbocycles. The third-order valence-corrected chi connectivity index (χ3v) is 5.91. The minimum atomic E-state index is -3.43. The maximum atomic E-state index is 12.7. The van der Waals surface area contributed by atoms with Gasteiger partial charge in [-0.05, 0) is 30.2 Å². The van der Waals surface area contributed by atoms with Crippen LogP contribution in [0.2, 0.25) is 0 Å². The molecule has 4 heteroatoms. The number of aryl methyl sites for hydroxylation is 1. The summed E-state index contributed by atoms with van der Waals surface area (Å²) in [5.74, 6) is 0. The highest BCUT2D eigenvalue weighted by molar-refractivity contribution is 7.89. The molecule has 0 radical (unpaired) electrons. The second-order valence-corrected chi connectivity index (χ2v) is 7.96. The average Bonchev–Trinajstić information content (AvgIpc) is 3.10. The molecule has 2 aromatic carbocycles. The maximum absolute atomic E-state index is 12.7. The summed E-state index contributed by atoms with van der Waals surface area (Å²) in [6, 6.07) is 17.0. The Bertz CT molecular complexity index is 908. The van der Waals surface area contributed by atoms with Gasteiger partial charge in [-0.2, -0.15) is 4.31 Å². The van der Waals surface area contributed by atoms with Gasteiger partial charge in [0.05, 0.1) is 4.90 Å². The average molecular weight is 351 g/mol. The van der Waals surface area contributed by atoms with Gasteiger partial charge in [-0.25, -0.2) is 8.42 Å². The molecular weight excluding hydrogens is 330 g/mol. The minimum absolute atomic E-state index is 0.348. The molecule has 0 N–H and O–H groups in total. The van der Waals surface area contributed by atoms with Gasteiger partial charge in [0.15, 0.2) is 0 Å². The van der Waals surface area contributed by atoms with E-state index in [0.29, 0.717) is 18.0 Å². The van der Waals surface area contributed by atoms with Crippen molar-refractivity contribution < 1.29 is 8.42 Å². The number of hydrogen-bond donors (Lipinski definition) is 0. The Labute approximate surface area is 149 Å². The Morgan fingerprint density at radius 3 is 2.32 bits per heavy atom. The molecule has 0 unspecified atom stereocenters. The lowest BCUT2D eigenvalue weighted by Gasteiger charge is -2.16. The second kappa shape index (κ2) is 7.64. The highest BCUT2D eigenvalue weighted by atomic mass is 32.2. The van der Waals surface area contributed by atoms with E-state index < -0.39 is 10.0 Å². The standard InChI is InChI=1S/C21H21NO2S/c1-18-11-13-21(14-12-18)25(23,24)22-16-15-20(17-22)10-6-5-9-19-7-3-2-4-8-19/h2-15H,16-17H2,1H3/b9-5+,10-6+. The highest BCUT2D eigenvalue weighted by Gasteiger charge is 2.27. The van der Waals surface area contributed by atoms with Crippen molar-refractivity contribution in [1.82, 2.24) is 4.31 Å². The molecule has 3 nitrogen and oxygen atoms in total. The normalized spacial score (nSPS) is 16.0. The van der Waals surface area contributed by atoms with E-state index in [1.54, 1.807) is 12.1 Å². The first-order valence-electron chi connectivity index (χ1n) is 8.21. The number of benzene rings is 2. The molecule has 1 aliphatic rings. The van der Waals surface area contributed by atoms with E-state index in [9.17, 15) is 8.42 Å². The van der Waals surface area contributed by atoms with E-state index in [1.165, 1.54) is 4.31 Å². The molecule has 0 aromatic heterocycles. The van der Waals surface area contributed by atoms with Crippen molar-refractivity contribution in [2.45, 2.75) is 11.8 Å². The fourth-order valence-corrected chi connectivity index (χ4v) is 3.99. The number of rotatable bonds is 5. The van der Waals surface area contributed by atoms with Crippen LogP contribution >= 0.6 is 0 Å². The Hall–Kier alpha value is -2.43. The van der Waals surface area contributed by atoms with Gasteiger partial charge >= 0.3 is 0 Å². The zero-order valence-corrected chi connectivity index (χ0v) is 15.0. The van der Waals surface area contributed by atoms with Crippen molar-refractivity contribution >= 4 is 16.1 Å². The quantitative estimate of drug-likeness (QED) is 0.757. The molecule has 0 atom stereocenters. The molecule has 25 heavy (non-hydrogen) atoms. The Kier molecular flexibility index (Phi) is 5.31. The van der Waals surface area contributed by atoms with Crippen LogP contribution < -0.4 is 0 Å². The van der Waals surface area contributed by atoms with Gasteiger partial charge < -0.3 is 0 Å². The molecule has 0 saturated heterocycles. The molecule has 128 valence electrons. The molecule has 0 bridgehead atoms. The van der Waals surface area contributed by atoms with Crippen LogP contribution in [0.25, 0.3) is 6.08 Å². The lowest BCUT2D eigenvalue weighted by atomic mass is 10.2. The largest absolute Gasteiger partial charge is 0.243 e. The van der Waals surface area contributed by atoms with Crippen LogP contribution in [0, 0.1) is 6.92 Å². The van der Waals surface area contributed by atoms with Crippen molar-refractivity contribution in [2.24, 2.45) is 0 Å². The second-order valence-electron chi connectivity index (χ2n) is 6.02. The molecule has 3 rings (SSSR count). The number of nitrogens with zero attached hydrogens (tertiary/aromatic N) is 1. The topological polar surface area (TPSA) is 37.4 Å². The summed E-state index contributed by atoms with van der Waals surface area (Å²) in [6.07, 6.45) is 9.85. The van der Waals surface area contributed by atoms with Gasteiger partial charge in [0.2, 0.25) is 10.0 Å². The lowest BCUT2D eigenvalue weighted by molar-refractivity contribution is 0.485. The van der Waals surface area contributed by atoms with Crippen molar-refractivity contribution in [1.29, 1.82) is 0 Å². The van der Waals surface area contributed by atoms with E-state index in [0.717, 1.165) is 16.7 Å². The summed E-state index contributed by atoms with van der Waals surface area (Å²) < 4.78 is 26.8. The third kappa shape index (κ3) is 4.35. The van der Waals surface area contributed by atoms with Crippen molar-refractivity contribution in [2.75, 3.05) is 13.1 Å². The molecule has 1 aliphatic heterocycles. The summed E-state index contributed by atoms with van der Waals surface area (Å²) in [5, 5.41) is 0. The van der Waals surface area contributed by atoms with Crippen molar-refractivity contribution in [3.63, 3.8) is 0 Å². The zero-order chi connectivity index (χ0) is 17.7. The van der Waals surface area contributed by atoms with Gasteiger partial charge in [-0.3, -0.25) is 0 Å². The van der Waals surface area contributed by atoms with Crippen molar-refractivity contribution in [3.05, 3.63) is 95.6 Å². The fourth-order valence-electron chi connectivity index (χ4n) is 2.62. The first-order chi connectivity index (χ1) is 12.1. The van der Waals surface area contributed by atoms with Gasteiger partial charge in [-0.15, -0.1) is 0 Å². The molecule has 0 saturated carbocycles. The summed E-state index contributed by atoms with van der Waals surface area (Å²) >= 11 is 0. The van der Waals surface area contributed by atoms with Crippen LogP contribution in [-0.2, 0) is 10.0 Å². The van der Waals surface area contributed by atoms with E-state index in [2.05, 4.69) is 0 Å². The number of hydrogen-bond acceptors (Lipinski definition) is 2. The van der Waals surface area contributed by atoms with Crippen LogP contribution in [0.1, 0.15) is 11.1 Å². The molecule has 0 fully saturated rings. The van der Waals surface area contributed by atoms with E-state index in [4.69, 9.17) is 0 Å². The van der Waals surface area contributed by atoms with Crippen LogP contribution in [0.3, 0.4) is 0 Å². The Balaban J connectivity index is 1.62. The van der Waals surface area contributed by atoms with E-state index in [-0.39, 0.29) is 0 Å². The van der Waals surface area contributed by atoms with Gasteiger partial charge in [0, 0.05) is 13.1 Å². The summed E-state index contributed by atoms with van der Waals surface area (Å²) in [6.45, 7) is 2.77. The van der Waals surface area contributed by atoms with Crippen molar-refractivity contribution in [3.8, 4) is 0 Å². The smallest absolute Gasteiger partial charge is 0.207 e. The lowest BCUT2D eigenvalue weighted by Crippen LogP contribution is -2.29. The molecular formula is C21H21NO2S. The molecule has 0 amide bonds. The summed E-state index contributed by atoms with van der Waals surface area (Å²) in [7, 11) is -3.43. The number of allylic oxidation sites excluding steroid dienone is 2. The predicted octanol–water partition coefficient (Wildman–Crippen LogP) is 4.20. The summed E-state index contributed by atoms with van der Waals surface area (Å²) in [4.78, 5) is 0.348. The van der Waals surface area contributed by atoms with E-state index >= 15 is 0 Å². The predicted molar refractivity (Wildman–Crippen MR) is 103 cm³/mol. The Morgan fingerprint density at radius 1 is 0.920 bits per heavy atom. The first-order valence-corrected chi connectivity index (χ1v) is 9.65. The van der Waals surface area contributed by atoms with Gasteiger partial charge in [0.25, 0.3) is 0 Å². The van der Waals surface area contributed by atoms with Crippen LogP contribution in [0.15, 0.2) is 89.4 Å². The fraction of sp³-hybridized carbons (Fsp3) is 0.143. The number of sulfonamides is 1. The maximum Gasteiger partial charge on any atom is 0.243 e.